The number of nitrogens with zero attached hydrogens (tertiary/aromatic N) is 5. The number of carbonyl (C=O) groups excluding carboxylic acids is 1. The lowest BCUT2D eigenvalue weighted by molar-refractivity contribution is -0.122. The van der Waals surface area contributed by atoms with Gasteiger partial charge >= 0.3 is 0 Å². The summed E-state index contributed by atoms with van der Waals surface area (Å²) < 4.78 is 0. The maximum Gasteiger partial charge on any atom is 0.243 e. The van der Waals surface area contributed by atoms with E-state index in [0.29, 0.717) is 23.9 Å². The number of hydrogen-bond acceptors (Lipinski definition) is 5. The minimum atomic E-state index is -0.161. The molecule has 134 valence electrons. The van der Waals surface area contributed by atoms with Crippen molar-refractivity contribution in [2.45, 2.75) is 6.54 Å². The number of tetrazole rings is 1. The van der Waals surface area contributed by atoms with Crippen molar-refractivity contribution in [2.24, 2.45) is 0 Å². The highest BCUT2D eigenvalue weighted by molar-refractivity contribution is 6.30. The molecule has 0 aliphatic heterocycles. The van der Waals surface area contributed by atoms with Gasteiger partial charge in [-0.3, -0.25) is 4.79 Å². The third-order valence-corrected chi connectivity index (χ3v) is 4.06. The molecule has 0 spiro atoms. The predicted octanol–water partition coefficient (Wildman–Crippen LogP) is 2.25. The van der Waals surface area contributed by atoms with Crippen LogP contribution in [0.4, 0.5) is 5.69 Å². The van der Waals surface area contributed by atoms with Gasteiger partial charge < -0.3 is 10.2 Å². The molecule has 0 aliphatic rings. The molecule has 0 saturated carbocycles. The van der Waals surface area contributed by atoms with Gasteiger partial charge in [0.15, 0.2) is 0 Å². The summed E-state index contributed by atoms with van der Waals surface area (Å²) in [6, 6.07) is 17.1. The maximum absolute atomic E-state index is 12.0. The number of nitrogens with one attached hydrogen (secondary N) is 1. The van der Waals surface area contributed by atoms with Crippen molar-refractivity contribution in [3.63, 3.8) is 0 Å². The van der Waals surface area contributed by atoms with E-state index < -0.39 is 0 Å². The van der Waals surface area contributed by atoms with Gasteiger partial charge in [0.05, 0.1) is 0 Å². The van der Waals surface area contributed by atoms with E-state index in [9.17, 15) is 4.79 Å². The Kier molecular flexibility index (Phi) is 5.80. The van der Waals surface area contributed by atoms with E-state index in [0.717, 1.165) is 11.3 Å². The molecule has 0 unspecified atom stereocenters. The van der Waals surface area contributed by atoms with E-state index in [2.05, 4.69) is 25.6 Å². The highest BCUT2D eigenvalue weighted by Gasteiger charge is 2.09. The molecule has 1 heterocycles. The van der Waals surface area contributed by atoms with E-state index in [1.807, 2.05) is 49.5 Å². The van der Waals surface area contributed by atoms with Gasteiger partial charge in [-0.2, -0.15) is 4.80 Å². The Labute approximate surface area is 156 Å². The molecule has 0 bridgehead atoms. The minimum Gasteiger partial charge on any atom is -0.373 e. The fraction of sp³-hybridized carbons (Fsp3) is 0.222. The van der Waals surface area contributed by atoms with Crippen LogP contribution < -0.4 is 10.2 Å². The zero-order valence-corrected chi connectivity index (χ0v) is 15.1. The van der Waals surface area contributed by atoms with Crippen molar-refractivity contribution < 1.29 is 4.79 Å². The number of likely N-dealkylation sites (N-methyl/N-ethyl adjacent to an activating group) is 1. The van der Waals surface area contributed by atoms with Crippen LogP contribution in [0.25, 0.3) is 11.4 Å². The Bertz CT molecular complexity index is 850. The Hall–Kier alpha value is -2.93. The highest BCUT2D eigenvalue weighted by Crippen LogP contribution is 2.16. The molecule has 8 heteroatoms. The molecule has 26 heavy (non-hydrogen) atoms. The molecule has 1 aromatic heterocycles. The average molecular weight is 371 g/mol. The number of aromatic nitrogens is 4. The van der Waals surface area contributed by atoms with Gasteiger partial charge in [0.1, 0.15) is 6.54 Å². The number of hydrogen-bond donors (Lipinski definition) is 1. The second-order valence-electron chi connectivity index (χ2n) is 5.76. The van der Waals surface area contributed by atoms with Gasteiger partial charge in [-0.1, -0.05) is 29.8 Å². The SMILES string of the molecule is CN(CCNC(=O)Cn1nnc(-c2ccc(Cl)cc2)n1)c1ccccc1. The van der Waals surface area contributed by atoms with Crippen molar-refractivity contribution in [3.05, 3.63) is 59.6 Å². The van der Waals surface area contributed by atoms with E-state index >= 15 is 0 Å². The molecule has 2 aromatic carbocycles. The number of halogens is 1. The lowest BCUT2D eigenvalue weighted by Gasteiger charge is -2.19. The molecule has 0 radical (unpaired) electrons. The van der Waals surface area contributed by atoms with Gasteiger partial charge in [-0.05, 0) is 41.6 Å². The van der Waals surface area contributed by atoms with Gasteiger partial charge in [0, 0.05) is 36.4 Å². The van der Waals surface area contributed by atoms with Gasteiger partial charge in [0.25, 0.3) is 0 Å². The normalized spacial score (nSPS) is 10.5. The summed E-state index contributed by atoms with van der Waals surface area (Å²) >= 11 is 5.86. The molecular formula is C18H19ClN6O. The summed E-state index contributed by atoms with van der Waals surface area (Å²) in [6.45, 7) is 1.26. The number of carbonyl (C=O) groups is 1. The monoisotopic (exact) mass is 370 g/mol. The summed E-state index contributed by atoms with van der Waals surface area (Å²) in [6.07, 6.45) is 0. The Balaban J connectivity index is 1.47. The Morgan fingerprint density at radius 2 is 1.88 bits per heavy atom. The molecule has 0 fully saturated rings. The van der Waals surface area contributed by atoms with Crippen LogP contribution in [0, 0.1) is 0 Å². The van der Waals surface area contributed by atoms with E-state index in [4.69, 9.17) is 11.6 Å². The van der Waals surface area contributed by atoms with Crippen molar-refractivity contribution in [3.8, 4) is 11.4 Å². The summed E-state index contributed by atoms with van der Waals surface area (Å²) in [4.78, 5) is 15.4. The van der Waals surface area contributed by atoms with Crippen LogP contribution in [-0.4, -0.2) is 46.3 Å². The number of rotatable bonds is 7. The molecular weight excluding hydrogens is 352 g/mol. The summed E-state index contributed by atoms with van der Waals surface area (Å²) in [5.41, 5.74) is 1.90. The van der Waals surface area contributed by atoms with Crippen molar-refractivity contribution >= 4 is 23.2 Å². The van der Waals surface area contributed by atoms with E-state index in [1.165, 1.54) is 4.80 Å². The fourth-order valence-electron chi connectivity index (χ4n) is 2.38. The third-order valence-electron chi connectivity index (χ3n) is 3.81. The molecule has 0 atom stereocenters. The second-order valence-corrected chi connectivity index (χ2v) is 6.19. The topological polar surface area (TPSA) is 75.9 Å². The quantitative estimate of drug-likeness (QED) is 0.690. The summed E-state index contributed by atoms with van der Waals surface area (Å²) in [7, 11) is 1.98. The first kappa shape index (κ1) is 17.9. The Morgan fingerprint density at radius 3 is 2.62 bits per heavy atom. The van der Waals surface area contributed by atoms with Crippen LogP contribution in [0.15, 0.2) is 54.6 Å². The van der Waals surface area contributed by atoms with E-state index in [-0.39, 0.29) is 12.5 Å². The van der Waals surface area contributed by atoms with Crippen LogP contribution >= 0.6 is 11.6 Å². The van der Waals surface area contributed by atoms with Gasteiger partial charge in [-0.15, -0.1) is 10.2 Å². The summed E-state index contributed by atoms with van der Waals surface area (Å²) in [5, 5.41) is 15.6. The van der Waals surface area contributed by atoms with Crippen molar-refractivity contribution in [1.82, 2.24) is 25.5 Å². The minimum absolute atomic E-state index is 0.0235. The molecule has 1 N–H and O–H groups in total. The second kappa shape index (κ2) is 8.44. The fourth-order valence-corrected chi connectivity index (χ4v) is 2.51. The first-order chi connectivity index (χ1) is 12.6. The standard InChI is InChI=1S/C18H19ClN6O/c1-24(16-5-3-2-4-6-16)12-11-20-17(26)13-25-22-18(21-23-25)14-7-9-15(19)10-8-14/h2-10H,11-13H2,1H3,(H,20,26). The number of amides is 1. The van der Waals surface area contributed by atoms with Gasteiger partial charge in [0.2, 0.25) is 11.7 Å². The molecule has 3 aromatic rings. The van der Waals surface area contributed by atoms with Gasteiger partial charge in [-0.25, -0.2) is 0 Å². The molecule has 0 saturated heterocycles. The zero-order chi connectivity index (χ0) is 18.4. The summed E-state index contributed by atoms with van der Waals surface area (Å²) in [5.74, 6) is 0.296. The van der Waals surface area contributed by atoms with Crippen molar-refractivity contribution in [1.29, 1.82) is 0 Å². The molecule has 3 rings (SSSR count). The molecule has 1 amide bonds. The lowest BCUT2D eigenvalue weighted by Crippen LogP contribution is -2.35. The number of benzene rings is 2. The average Bonchev–Trinajstić information content (AvgIpc) is 3.11. The predicted molar refractivity (Wildman–Crippen MR) is 101 cm³/mol. The largest absolute Gasteiger partial charge is 0.373 e. The smallest absolute Gasteiger partial charge is 0.243 e. The number of para-hydroxylation sites is 1. The third kappa shape index (κ3) is 4.80. The van der Waals surface area contributed by atoms with Crippen LogP contribution in [0.2, 0.25) is 5.02 Å². The lowest BCUT2D eigenvalue weighted by atomic mass is 10.2. The van der Waals surface area contributed by atoms with Crippen LogP contribution in [0.3, 0.4) is 0 Å². The maximum atomic E-state index is 12.0. The zero-order valence-electron chi connectivity index (χ0n) is 14.3. The van der Waals surface area contributed by atoms with Crippen molar-refractivity contribution in [2.75, 3.05) is 25.0 Å². The first-order valence-electron chi connectivity index (χ1n) is 8.18. The molecule has 0 aliphatic carbocycles. The van der Waals surface area contributed by atoms with Crippen LogP contribution in [0.5, 0.6) is 0 Å². The first-order valence-corrected chi connectivity index (χ1v) is 8.56. The van der Waals surface area contributed by atoms with Crippen LogP contribution in [-0.2, 0) is 11.3 Å². The Morgan fingerprint density at radius 1 is 1.15 bits per heavy atom. The molecule has 7 nitrogen and oxygen atoms in total. The van der Waals surface area contributed by atoms with E-state index in [1.54, 1.807) is 12.1 Å². The number of anilines is 1. The van der Waals surface area contributed by atoms with Crippen LogP contribution in [0.1, 0.15) is 0 Å². The highest BCUT2D eigenvalue weighted by atomic mass is 35.5.